The topological polar surface area (TPSA) is 66.8 Å². The zero-order valence-electron chi connectivity index (χ0n) is 10.9. The number of carbonyl (C=O) groups excluding carboxylic acids is 1. The van der Waals surface area contributed by atoms with Crippen molar-refractivity contribution >= 4 is 11.9 Å². The van der Waals surface area contributed by atoms with Crippen molar-refractivity contribution in [2.24, 2.45) is 0 Å². The number of hydrogen-bond acceptors (Lipinski definition) is 3. The van der Waals surface area contributed by atoms with Crippen molar-refractivity contribution in [2.75, 3.05) is 6.61 Å². The van der Waals surface area contributed by atoms with E-state index in [4.69, 9.17) is 4.74 Å². The van der Waals surface area contributed by atoms with E-state index in [-0.39, 0.29) is 18.1 Å². The maximum Gasteiger partial charge on any atom is 0.329 e. The molecule has 0 aliphatic heterocycles. The Kier molecular flexibility index (Phi) is 4.14. The van der Waals surface area contributed by atoms with Crippen LogP contribution in [0.15, 0.2) is 0 Å². The first-order chi connectivity index (χ1) is 7.85. The highest BCUT2D eigenvalue weighted by Gasteiger charge is 2.56. The zero-order valence-corrected chi connectivity index (χ0v) is 10.9. The molecule has 1 amide bonds. The Morgan fingerprint density at radius 3 is 2.29 bits per heavy atom. The van der Waals surface area contributed by atoms with Crippen LogP contribution in [0.5, 0.6) is 0 Å². The Hall–Kier alpha value is -1.10. The molecule has 0 unspecified atom stereocenters. The Balaban J connectivity index is 2.87. The fraction of sp³-hybridized carbons (Fsp3) is 0.833. The highest BCUT2D eigenvalue weighted by Crippen LogP contribution is 2.41. The summed E-state index contributed by atoms with van der Waals surface area (Å²) in [5.41, 5.74) is -1.07. The first-order valence-electron chi connectivity index (χ1n) is 6.00. The van der Waals surface area contributed by atoms with Crippen molar-refractivity contribution in [3.8, 4) is 0 Å². The standard InChI is InChI=1S/C12H21NO4/c1-5-17-10-6-12(7-10,11(15)16)13(8(2)3)9(4)14/h8,10H,5-7H2,1-4H3,(H,15,16). The van der Waals surface area contributed by atoms with Crippen LogP contribution in [0.1, 0.15) is 40.5 Å². The molecule has 0 bridgehead atoms. The lowest BCUT2D eigenvalue weighted by Gasteiger charge is -2.52. The molecule has 0 aromatic heterocycles. The van der Waals surface area contributed by atoms with E-state index in [9.17, 15) is 14.7 Å². The Bertz CT molecular complexity index is 308. The number of hydrogen-bond donors (Lipinski definition) is 1. The molecule has 1 saturated carbocycles. The molecule has 5 heteroatoms. The number of carboxylic acids is 1. The van der Waals surface area contributed by atoms with Gasteiger partial charge in [-0.05, 0) is 20.8 Å². The van der Waals surface area contributed by atoms with Crippen LogP contribution in [0.2, 0.25) is 0 Å². The molecule has 1 rings (SSSR count). The summed E-state index contributed by atoms with van der Waals surface area (Å²) in [6.45, 7) is 7.53. The minimum absolute atomic E-state index is 0.0447. The third-order valence-electron chi connectivity index (χ3n) is 3.25. The number of ether oxygens (including phenoxy) is 1. The van der Waals surface area contributed by atoms with Crippen molar-refractivity contribution in [1.82, 2.24) is 4.90 Å². The predicted octanol–water partition coefficient (Wildman–Crippen LogP) is 1.27. The van der Waals surface area contributed by atoms with E-state index in [1.807, 2.05) is 20.8 Å². The highest BCUT2D eigenvalue weighted by molar-refractivity contribution is 5.87. The van der Waals surface area contributed by atoms with Crippen LogP contribution in [0.4, 0.5) is 0 Å². The molecule has 0 aromatic rings. The van der Waals surface area contributed by atoms with E-state index in [2.05, 4.69) is 0 Å². The normalized spacial score (nSPS) is 27.7. The molecule has 0 radical (unpaired) electrons. The van der Waals surface area contributed by atoms with Gasteiger partial charge in [0.2, 0.25) is 5.91 Å². The number of rotatable bonds is 5. The lowest BCUT2D eigenvalue weighted by molar-refractivity contribution is -0.181. The highest BCUT2D eigenvalue weighted by atomic mass is 16.5. The van der Waals surface area contributed by atoms with Gasteiger partial charge in [0.15, 0.2) is 0 Å². The van der Waals surface area contributed by atoms with Gasteiger partial charge >= 0.3 is 5.97 Å². The molecule has 0 atom stereocenters. The fourth-order valence-corrected chi connectivity index (χ4v) is 2.68. The quantitative estimate of drug-likeness (QED) is 0.789. The largest absolute Gasteiger partial charge is 0.479 e. The van der Waals surface area contributed by atoms with Gasteiger partial charge in [0, 0.05) is 32.4 Å². The minimum atomic E-state index is -1.07. The van der Waals surface area contributed by atoms with Crippen LogP contribution in [-0.4, -0.2) is 46.2 Å². The van der Waals surface area contributed by atoms with Gasteiger partial charge in [-0.25, -0.2) is 4.79 Å². The van der Waals surface area contributed by atoms with Gasteiger partial charge in [0.1, 0.15) is 5.54 Å². The zero-order chi connectivity index (χ0) is 13.2. The van der Waals surface area contributed by atoms with Gasteiger partial charge in [-0.2, -0.15) is 0 Å². The van der Waals surface area contributed by atoms with Gasteiger partial charge < -0.3 is 14.7 Å². The molecular formula is C12H21NO4. The monoisotopic (exact) mass is 243 g/mol. The SMILES string of the molecule is CCOC1CC(C(=O)O)(N(C(C)=O)C(C)C)C1. The van der Waals surface area contributed by atoms with Gasteiger partial charge in [0.05, 0.1) is 6.10 Å². The first kappa shape index (κ1) is 14.0. The van der Waals surface area contributed by atoms with Gasteiger partial charge in [-0.1, -0.05) is 0 Å². The van der Waals surface area contributed by atoms with E-state index in [1.54, 1.807) is 0 Å². The summed E-state index contributed by atoms with van der Waals surface area (Å²) >= 11 is 0. The van der Waals surface area contributed by atoms with E-state index in [0.29, 0.717) is 19.4 Å². The second-order valence-corrected chi connectivity index (χ2v) is 4.81. The number of aliphatic carboxylic acids is 1. The van der Waals surface area contributed by atoms with Gasteiger partial charge in [-0.15, -0.1) is 0 Å². The molecule has 1 fully saturated rings. The van der Waals surface area contributed by atoms with Crippen molar-refractivity contribution in [1.29, 1.82) is 0 Å². The number of carboxylic acid groups (broad SMARTS) is 1. The molecule has 1 aliphatic rings. The molecule has 0 saturated heterocycles. The van der Waals surface area contributed by atoms with E-state index < -0.39 is 11.5 Å². The molecule has 0 heterocycles. The van der Waals surface area contributed by atoms with Crippen LogP contribution >= 0.6 is 0 Å². The predicted molar refractivity (Wildman–Crippen MR) is 62.7 cm³/mol. The van der Waals surface area contributed by atoms with Crippen LogP contribution < -0.4 is 0 Å². The van der Waals surface area contributed by atoms with E-state index in [1.165, 1.54) is 11.8 Å². The van der Waals surface area contributed by atoms with Gasteiger partial charge in [0.25, 0.3) is 0 Å². The maximum atomic E-state index is 11.6. The molecule has 1 aliphatic carbocycles. The fourth-order valence-electron chi connectivity index (χ4n) is 2.68. The Labute approximate surface area is 102 Å². The number of nitrogens with zero attached hydrogens (tertiary/aromatic N) is 1. The Morgan fingerprint density at radius 2 is 2.00 bits per heavy atom. The number of carbonyl (C=O) groups is 2. The lowest BCUT2D eigenvalue weighted by Crippen LogP contribution is -2.67. The van der Waals surface area contributed by atoms with Crippen LogP contribution in [0, 0.1) is 0 Å². The average Bonchev–Trinajstić information content (AvgIpc) is 2.12. The van der Waals surface area contributed by atoms with Crippen molar-refractivity contribution in [3.05, 3.63) is 0 Å². The second kappa shape index (κ2) is 5.04. The summed E-state index contributed by atoms with van der Waals surface area (Å²) in [7, 11) is 0. The molecule has 1 N–H and O–H groups in total. The van der Waals surface area contributed by atoms with E-state index in [0.717, 1.165) is 0 Å². The van der Waals surface area contributed by atoms with Crippen molar-refractivity contribution < 1.29 is 19.4 Å². The van der Waals surface area contributed by atoms with Crippen LogP contribution in [0.25, 0.3) is 0 Å². The number of amides is 1. The molecule has 0 aromatic carbocycles. The molecule has 17 heavy (non-hydrogen) atoms. The minimum Gasteiger partial charge on any atom is -0.479 e. The lowest BCUT2D eigenvalue weighted by atomic mass is 9.72. The summed E-state index contributed by atoms with van der Waals surface area (Å²) in [5, 5.41) is 9.39. The second-order valence-electron chi connectivity index (χ2n) is 4.81. The van der Waals surface area contributed by atoms with E-state index >= 15 is 0 Å². The molecular weight excluding hydrogens is 222 g/mol. The smallest absolute Gasteiger partial charge is 0.329 e. The van der Waals surface area contributed by atoms with Crippen molar-refractivity contribution in [3.63, 3.8) is 0 Å². The third-order valence-corrected chi connectivity index (χ3v) is 3.25. The summed E-state index contributed by atoms with van der Waals surface area (Å²) < 4.78 is 5.39. The maximum absolute atomic E-state index is 11.6. The summed E-state index contributed by atoms with van der Waals surface area (Å²) in [5.74, 6) is -1.13. The average molecular weight is 243 g/mol. The third kappa shape index (κ3) is 2.44. The van der Waals surface area contributed by atoms with Gasteiger partial charge in [-0.3, -0.25) is 4.79 Å². The Morgan fingerprint density at radius 1 is 1.47 bits per heavy atom. The molecule has 5 nitrogen and oxygen atoms in total. The van der Waals surface area contributed by atoms with Crippen molar-refractivity contribution in [2.45, 2.75) is 58.2 Å². The summed E-state index contributed by atoms with van der Waals surface area (Å²) in [4.78, 5) is 24.5. The van der Waals surface area contributed by atoms with Crippen LogP contribution in [-0.2, 0) is 14.3 Å². The summed E-state index contributed by atoms with van der Waals surface area (Å²) in [6, 6.07) is -0.119. The molecule has 0 spiro atoms. The summed E-state index contributed by atoms with van der Waals surface area (Å²) in [6.07, 6.45) is 0.721. The molecule has 98 valence electrons. The first-order valence-corrected chi connectivity index (χ1v) is 6.00. The van der Waals surface area contributed by atoms with Crippen LogP contribution in [0.3, 0.4) is 0 Å².